The first-order valence-electron chi connectivity index (χ1n) is 7.03. The van der Waals surface area contributed by atoms with Crippen molar-refractivity contribution in [2.75, 3.05) is 13.2 Å². The molecule has 0 aromatic carbocycles. The topological polar surface area (TPSA) is 57.2 Å². The predicted octanol–water partition coefficient (Wildman–Crippen LogP) is 1.35. The van der Waals surface area contributed by atoms with Crippen molar-refractivity contribution in [3.63, 3.8) is 0 Å². The van der Waals surface area contributed by atoms with Crippen molar-refractivity contribution < 1.29 is 24.1 Å². The number of ether oxygens (including phenoxy) is 4. The van der Waals surface area contributed by atoms with E-state index in [2.05, 4.69) is 0 Å². The van der Waals surface area contributed by atoms with Crippen molar-refractivity contribution in [2.24, 2.45) is 0 Å². The smallest absolute Gasteiger partial charge is 0.164 e. The fraction of sp³-hybridized carbons (Fsp3) is 0.857. The monoisotopic (exact) mass is 270 g/mol. The third-order valence-corrected chi connectivity index (χ3v) is 3.81. The molecule has 1 N–H and O–H groups in total. The number of aliphatic hydroxyl groups excluding tert-OH is 1. The number of hydrogen-bond donors (Lipinski definition) is 1. The minimum Gasteiger partial charge on any atom is -0.386 e. The molecule has 0 amide bonds. The number of fused-ring (bicyclic) bond motifs is 1. The zero-order chi connectivity index (χ0) is 13.5. The largest absolute Gasteiger partial charge is 0.386 e. The van der Waals surface area contributed by atoms with Crippen molar-refractivity contribution in [1.29, 1.82) is 0 Å². The zero-order valence-corrected chi connectivity index (χ0v) is 11.5. The molecule has 0 bridgehead atoms. The summed E-state index contributed by atoms with van der Waals surface area (Å²) >= 11 is 0. The summed E-state index contributed by atoms with van der Waals surface area (Å²) in [7, 11) is 0. The highest BCUT2D eigenvalue weighted by molar-refractivity contribution is 5.24. The molecule has 1 unspecified atom stereocenters. The van der Waals surface area contributed by atoms with Crippen molar-refractivity contribution in [1.82, 2.24) is 0 Å². The van der Waals surface area contributed by atoms with Crippen LogP contribution < -0.4 is 0 Å². The van der Waals surface area contributed by atoms with Gasteiger partial charge in [-0.1, -0.05) is 0 Å². The number of hydrogen-bond acceptors (Lipinski definition) is 5. The lowest BCUT2D eigenvalue weighted by molar-refractivity contribution is -0.165. The molecule has 3 rings (SSSR count). The summed E-state index contributed by atoms with van der Waals surface area (Å²) in [6.45, 7) is 4.86. The maximum atomic E-state index is 10.2. The highest BCUT2D eigenvalue weighted by Crippen LogP contribution is 2.37. The van der Waals surface area contributed by atoms with E-state index in [9.17, 15) is 5.11 Å². The van der Waals surface area contributed by atoms with Gasteiger partial charge in [0.2, 0.25) is 0 Å². The van der Waals surface area contributed by atoms with Crippen LogP contribution in [0, 0.1) is 0 Å². The third-order valence-electron chi connectivity index (χ3n) is 3.81. The van der Waals surface area contributed by atoms with E-state index in [1.54, 1.807) is 0 Å². The average Bonchev–Trinajstić information content (AvgIpc) is 2.83. The summed E-state index contributed by atoms with van der Waals surface area (Å²) in [6.07, 6.45) is 3.83. The Labute approximate surface area is 113 Å². The molecule has 4 atom stereocenters. The predicted molar refractivity (Wildman–Crippen MR) is 67.5 cm³/mol. The van der Waals surface area contributed by atoms with Gasteiger partial charge in [-0.2, -0.15) is 0 Å². The van der Waals surface area contributed by atoms with Gasteiger partial charge in [-0.3, -0.25) is 0 Å². The van der Waals surface area contributed by atoms with Gasteiger partial charge in [0.15, 0.2) is 12.1 Å². The van der Waals surface area contributed by atoms with E-state index < -0.39 is 11.9 Å². The van der Waals surface area contributed by atoms with Gasteiger partial charge in [0.1, 0.15) is 18.3 Å². The van der Waals surface area contributed by atoms with Crippen molar-refractivity contribution in [3.8, 4) is 0 Å². The second-order valence-corrected chi connectivity index (χ2v) is 5.86. The minimum absolute atomic E-state index is 0.138. The van der Waals surface area contributed by atoms with E-state index in [-0.39, 0.29) is 18.5 Å². The lowest BCUT2D eigenvalue weighted by Gasteiger charge is -2.24. The van der Waals surface area contributed by atoms with Crippen LogP contribution in [0.5, 0.6) is 0 Å². The molecule has 2 aliphatic heterocycles. The van der Waals surface area contributed by atoms with Crippen LogP contribution in [-0.2, 0) is 18.9 Å². The van der Waals surface area contributed by atoms with Crippen molar-refractivity contribution >= 4 is 0 Å². The Balaban J connectivity index is 1.54. The van der Waals surface area contributed by atoms with Crippen molar-refractivity contribution in [2.45, 2.75) is 63.5 Å². The maximum Gasteiger partial charge on any atom is 0.164 e. The molecule has 0 saturated carbocycles. The Morgan fingerprint density at radius 3 is 2.89 bits per heavy atom. The summed E-state index contributed by atoms with van der Waals surface area (Å²) < 4.78 is 22.6. The molecule has 2 saturated heterocycles. The molecule has 19 heavy (non-hydrogen) atoms. The summed E-state index contributed by atoms with van der Waals surface area (Å²) in [5, 5.41) is 10.2. The maximum absolute atomic E-state index is 10.2. The van der Waals surface area contributed by atoms with E-state index in [4.69, 9.17) is 18.9 Å². The molecule has 2 heterocycles. The highest BCUT2D eigenvalue weighted by atomic mass is 16.8. The van der Waals surface area contributed by atoms with Gasteiger partial charge in [-0.25, -0.2) is 0 Å². The summed E-state index contributed by atoms with van der Waals surface area (Å²) in [6, 6.07) is 0. The summed E-state index contributed by atoms with van der Waals surface area (Å²) in [5.74, 6) is -0.619. The first-order chi connectivity index (χ1) is 9.05. The van der Waals surface area contributed by atoms with Crippen LogP contribution >= 0.6 is 0 Å². The Bertz CT molecular complexity index is 359. The van der Waals surface area contributed by atoms with Gasteiger partial charge < -0.3 is 24.1 Å². The number of aliphatic hydroxyl groups is 1. The first kappa shape index (κ1) is 13.5. The van der Waals surface area contributed by atoms with Gasteiger partial charge in [0, 0.05) is 6.61 Å². The third kappa shape index (κ3) is 2.85. The normalized spacial score (nSPS) is 41.1. The molecular formula is C14H22O5. The molecule has 3 aliphatic rings. The highest BCUT2D eigenvalue weighted by Gasteiger charge is 2.48. The Kier molecular flexibility index (Phi) is 3.66. The van der Waals surface area contributed by atoms with Gasteiger partial charge in [0.05, 0.1) is 6.61 Å². The second kappa shape index (κ2) is 5.14. The molecule has 108 valence electrons. The number of rotatable bonds is 3. The lowest BCUT2D eigenvalue weighted by atomic mass is 10.1. The molecular weight excluding hydrogens is 248 g/mol. The summed E-state index contributed by atoms with van der Waals surface area (Å²) in [4.78, 5) is 0. The molecule has 5 heteroatoms. The van der Waals surface area contributed by atoms with Crippen molar-refractivity contribution in [3.05, 3.63) is 11.6 Å². The molecule has 1 aliphatic carbocycles. The van der Waals surface area contributed by atoms with Gasteiger partial charge in [-0.05, 0) is 44.8 Å². The average molecular weight is 270 g/mol. The van der Waals surface area contributed by atoms with E-state index in [0.717, 1.165) is 31.4 Å². The van der Waals surface area contributed by atoms with E-state index in [1.165, 1.54) is 0 Å². The molecule has 5 nitrogen and oxygen atoms in total. The van der Waals surface area contributed by atoms with Crippen LogP contribution in [0.1, 0.15) is 33.1 Å². The Morgan fingerprint density at radius 2 is 2.21 bits per heavy atom. The standard InChI is InChI=1S/C14H22O5/c1-14(2)18-10-7-9(12(15)13(10)19-14)8-17-11-5-3-4-6-16-11/h7,10-13,15H,3-6,8H2,1-2H3/t10-,11?,12+,13-/m1/s1. The molecule has 0 radical (unpaired) electrons. The fourth-order valence-electron chi connectivity index (χ4n) is 2.88. The molecule has 0 aromatic rings. The Morgan fingerprint density at radius 1 is 1.37 bits per heavy atom. The SMILES string of the molecule is CC1(C)O[C@@H]2[C@@H](C=C(COC3CCCCO3)[C@@H]2O)O1. The molecule has 2 fully saturated rings. The molecule has 0 spiro atoms. The van der Waals surface area contributed by atoms with E-state index in [0.29, 0.717) is 6.61 Å². The van der Waals surface area contributed by atoms with Gasteiger partial charge >= 0.3 is 0 Å². The van der Waals surface area contributed by atoms with E-state index >= 15 is 0 Å². The van der Waals surface area contributed by atoms with Crippen LogP contribution in [-0.4, -0.2) is 48.7 Å². The van der Waals surface area contributed by atoms with Gasteiger partial charge in [-0.15, -0.1) is 0 Å². The van der Waals surface area contributed by atoms with Gasteiger partial charge in [0.25, 0.3) is 0 Å². The van der Waals surface area contributed by atoms with E-state index in [1.807, 2.05) is 19.9 Å². The summed E-state index contributed by atoms with van der Waals surface area (Å²) in [5.41, 5.74) is 0.833. The first-order valence-corrected chi connectivity index (χ1v) is 7.03. The Hall–Kier alpha value is -0.460. The van der Waals surface area contributed by atoms with Crippen LogP contribution in [0.4, 0.5) is 0 Å². The second-order valence-electron chi connectivity index (χ2n) is 5.86. The van der Waals surface area contributed by atoms with Crippen LogP contribution in [0.25, 0.3) is 0 Å². The molecule has 0 aromatic heterocycles. The zero-order valence-electron chi connectivity index (χ0n) is 11.5. The van der Waals surface area contributed by atoms with Crippen LogP contribution in [0.2, 0.25) is 0 Å². The quantitative estimate of drug-likeness (QED) is 0.785. The van der Waals surface area contributed by atoms with Crippen LogP contribution in [0.3, 0.4) is 0 Å². The lowest BCUT2D eigenvalue weighted by Crippen LogP contribution is -2.32. The fourth-order valence-corrected chi connectivity index (χ4v) is 2.88. The van der Waals surface area contributed by atoms with Crippen LogP contribution in [0.15, 0.2) is 11.6 Å². The minimum atomic E-state index is -0.643.